The standard InChI is InChI=1S/C29H32N2O3S/c1-34-27-17-14-19-8-5-6-11-22(19)28(27)29-24-13-7-12-23(24)25-18-21(15-16-26(25)30-29)35(32,33)31-20-9-3-2-4-10-20/h5-8,11-12,14-18,20,23-24,29-31H,2-4,9-10,13H2,1H3. The van der Waals surface area contributed by atoms with Crippen molar-refractivity contribution in [3.63, 3.8) is 0 Å². The predicted molar refractivity (Wildman–Crippen MR) is 140 cm³/mol. The van der Waals surface area contributed by atoms with E-state index in [1.54, 1.807) is 13.2 Å². The summed E-state index contributed by atoms with van der Waals surface area (Å²) in [5.41, 5.74) is 3.23. The summed E-state index contributed by atoms with van der Waals surface area (Å²) in [6.07, 6.45) is 10.6. The lowest BCUT2D eigenvalue weighted by Crippen LogP contribution is -2.36. The van der Waals surface area contributed by atoms with Crippen LogP contribution in [0, 0.1) is 5.92 Å². The lowest BCUT2D eigenvalue weighted by Gasteiger charge is -2.38. The van der Waals surface area contributed by atoms with E-state index in [9.17, 15) is 8.42 Å². The van der Waals surface area contributed by atoms with Crippen LogP contribution in [0.15, 0.2) is 71.6 Å². The van der Waals surface area contributed by atoms with Crippen LogP contribution in [0.3, 0.4) is 0 Å². The molecular weight excluding hydrogens is 456 g/mol. The Morgan fingerprint density at radius 1 is 1.00 bits per heavy atom. The number of hydrogen-bond acceptors (Lipinski definition) is 4. The van der Waals surface area contributed by atoms with Crippen molar-refractivity contribution in [3.05, 3.63) is 77.9 Å². The number of hydrogen-bond donors (Lipinski definition) is 2. The third-order valence-corrected chi connectivity index (χ3v) is 9.55. The van der Waals surface area contributed by atoms with Crippen molar-refractivity contribution in [1.29, 1.82) is 0 Å². The Hall–Kier alpha value is -2.83. The zero-order valence-electron chi connectivity index (χ0n) is 20.0. The molecule has 3 aliphatic rings. The zero-order chi connectivity index (χ0) is 24.0. The van der Waals surface area contributed by atoms with Crippen molar-refractivity contribution >= 4 is 26.5 Å². The van der Waals surface area contributed by atoms with E-state index in [2.05, 4.69) is 58.6 Å². The molecule has 35 heavy (non-hydrogen) atoms. The van der Waals surface area contributed by atoms with Crippen LogP contribution < -0.4 is 14.8 Å². The summed E-state index contributed by atoms with van der Waals surface area (Å²) in [6, 6.07) is 18.3. The molecule has 0 spiro atoms. The minimum absolute atomic E-state index is 0.0465. The molecule has 3 aromatic rings. The first-order valence-electron chi connectivity index (χ1n) is 12.7. The summed E-state index contributed by atoms with van der Waals surface area (Å²) in [5, 5.41) is 6.15. The molecule has 3 aromatic carbocycles. The molecule has 1 fully saturated rings. The van der Waals surface area contributed by atoms with E-state index in [0.29, 0.717) is 4.90 Å². The smallest absolute Gasteiger partial charge is 0.240 e. The first-order valence-corrected chi connectivity index (χ1v) is 14.2. The van der Waals surface area contributed by atoms with Gasteiger partial charge < -0.3 is 10.1 Å². The summed E-state index contributed by atoms with van der Waals surface area (Å²) in [7, 11) is -1.82. The van der Waals surface area contributed by atoms with Crippen LogP contribution in [-0.4, -0.2) is 21.6 Å². The molecule has 182 valence electrons. The van der Waals surface area contributed by atoms with Crippen LogP contribution >= 0.6 is 0 Å². The van der Waals surface area contributed by atoms with Gasteiger partial charge in [0.15, 0.2) is 0 Å². The highest BCUT2D eigenvalue weighted by Gasteiger charge is 2.40. The maximum Gasteiger partial charge on any atom is 0.240 e. The fourth-order valence-corrected chi connectivity index (χ4v) is 7.65. The Morgan fingerprint density at radius 3 is 2.66 bits per heavy atom. The largest absolute Gasteiger partial charge is 0.496 e. The van der Waals surface area contributed by atoms with Crippen molar-refractivity contribution in [3.8, 4) is 5.75 Å². The van der Waals surface area contributed by atoms with Gasteiger partial charge in [-0.15, -0.1) is 0 Å². The van der Waals surface area contributed by atoms with Gasteiger partial charge in [0.25, 0.3) is 0 Å². The van der Waals surface area contributed by atoms with Crippen LogP contribution in [-0.2, 0) is 10.0 Å². The van der Waals surface area contributed by atoms with Gasteiger partial charge in [0, 0.05) is 23.2 Å². The summed E-state index contributed by atoms with van der Waals surface area (Å²) < 4.78 is 35.3. The van der Waals surface area contributed by atoms with Gasteiger partial charge in [-0.3, -0.25) is 0 Å². The van der Waals surface area contributed by atoms with Crippen molar-refractivity contribution < 1.29 is 13.2 Å². The normalized spacial score (nSPS) is 24.1. The molecule has 6 heteroatoms. The minimum Gasteiger partial charge on any atom is -0.496 e. The van der Waals surface area contributed by atoms with Crippen LogP contribution in [0.4, 0.5) is 5.69 Å². The molecule has 0 radical (unpaired) electrons. The summed E-state index contributed by atoms with van der Waals surface area (Å²) in [5.74, 6) is 1.32. The second-order valence-electron chi connectivity index (χ2n) is 10.1. The Balaban J connectivity index is 1.39. The number of nitrogens with one attached hydrogen (secondary N) is 2. The van der Waals surface area contributed by atoms with Gasteiger partial charge >= 0.3 is 0 Å². The molecule has 0 saturated heterocycles. The van der Waals surface area contributed by atoms with Crippen molar-refractivity contribution in [1.82, 2.24) is 4.72 Å². The van der Waals surface area contributed by atoms with E-state index in [0.717, 1.165) is 49.1 Å². The highest BCUT2D eigenvalue weighted by atomic mass is 32.2. The van der Waals surface area contributed by atoms with Gasteiger partial charge in [-0.2, -0.15) is 0 Å². The summed E-state index contributed by atoms with van der Waals surface area (Å²) in [6.45, 7) is 0. The van der Waals surface area contributed by atoms with Gasteiger partial charge in [0.2, 0.25) is 10.0 Å². The molecule has 1 saturated carbocycles. The molecule has 2 aliphatic carbocycles. The van der Waals surface area contributed by atoms with Crippen LogP contribution in [0.25, 0.3) is 10.8 Å². The van der Waals surface area contributed by atoms with E-state index in [4.69, 9.17) is 4.74 Å². The maximum atomic E-state index is 13.2. The van der Waals surface area contributed by atoms with E-state index in [1.165, 1.54) is 22.8 Å². The molecule has 2 N–H and O–H groups in total. The summed E-state index contributed by atoms with van der Waals surface area (Å²) >= 11 is 0. The molecule has 3 atom stereocenters. The monoisotopic (exact) mass is 488 g/mol. The number of ether oxygens (including phenoxy) is 1. The number of allylic oxidation sites excluding steroid dienone is 2. The van der Waals surface area contributed by atoms with Gasteiger partial charge in [-0.05, 0) is 65.8 Å². The van der Waals surface area contributed by atoms with Crippen LogP contribution in [0.5, 0.6) is 5.75 Å². The topological polar surface area (TPSA) is 67.4 Å². The number of fused-ring (bicyclic) bond motifs is 4. The Morgan fingerprint density at radius 2 is 1.83 bits per heavy atom. The average Bonchev–Trinajstić information content (AvgIpc) is 3.38. The Bertz CT molecular complexity index is 1390. The highest BCUT2D eigenvalue weighted by molar-refractivity contribution is 7.89. The Labute approximate surface area is 207 Å². The number of sulfonamides is 1. The SMILES string of the molecule is COc1ccc2ccccc2c1C1Nc2ccc(S(=O)(=O)NC3CCCCC3)cc2C2C=CCC21. The zero-order valence-corrected chi connectivity index (χ0v) is 20.9. The number of rotatable bonds is 5. The van der Waals surface area contributed by atoms with E-state index in [1.807, 2.05) is 12.1 Å². The van der Waals surface area contributed by atoms with E-state index >= 15 is 0 Å². The molecule has 6 rings (SSSR count). The summed E-state index contributed by atoms with van der Waals surface area (Å²) in [4.78, 5) is 0.365. The van der Waals surface area contributed by atoms with Crippen molar-refractivity contribution in [2.45, 2.75) is 61.4 Å². The molecule has 5 nitrogen and oxygen atoms in total. The van der Waals surface area contributed by atoms with Gasteiger partial charge in [0.1, 0.15) is 5.75 Å². The van der Waals surface area contributed by atoms with Crippen LogP contribution in [0.1, 0.15) is 61.6 Å². The van der Waals surface area contributed by atoms with Crippen molar-refractivity contribution in [2.24, 2.45) is 5.92 Å². The molecular formula is C29H32N2O3S. The Kier molecular flexibility index (Phi) is 5.81. The maximum absolute atomic E-state index is 13.2. The number of anilines is 1. The number of methoxy groups -OCH3 is 1. The molecule has 0 aromatic heterocycles. The lowest BCUT2D eigenvalue weighted by atomic mass is 9.76. The second kappa shape index (κ2) is 8.99. The van der Waals surface area contributed by atoms with Crippen LogP contribution in [0.2, 0.25) is 0 Å². The fraction of sp³-hybridized carbons (Fsp3) is 0.379. The first-order chi connectivity index (χ1) is 17.0. The van der Waals surface area contributed by atoms with Crippen molar-refractivity contribution in [2.75, 3.05) is 12.4 Å². The number of benzene rings is 3. The second-order valence-corrected chi connectivity index (χ2v) is 11.8. The quantitative estimate of drug-likeness (QED) is 0.415. The molecule has 1 heterocycles. The minimum atomic E-state index is -3.55. The molecule has 0 bridgehead atoms. The lowest BCUT2D eigenvalue weighted by molar-refractivity contribution is 0.383. The van der Waals surface area contributed by atoms with Gasteiger partial charge in [-0.1, -0.05) is 61.7 Å². The predicted octanol–water partition coefficient (Wildman–Crippen LogP) is 6.29. The first kappa shape index (κ1) is 22.6. The molecule has 3 unspecified atom stereocenters. The third kappa shape index (κ3) is 4.03. The molecule has 1 aliphatic heterocycles. The fourth-order valence-electron chi connectivity index (χ4n) is 6.31. The van der Waals surface area contributed by atoms with Gasteiger partial charge in [-0.25, -0.2) is 13.1 Å². The molecule has 0 amide bonds. The third-order valence-electron chi connectivity index (χ3n) is 8.03. The van der Waals surface area contributed by atoms with Gasteiger partial charge in [0.05, 0.1) is 18.0 Å². The average molecular weight is 489 g/mol. The van der Waals surface area contributed by atoms with E-state index in [-0.39, 0.29) is 23.9 Å². The van der Waals surface area contributed by atoms with E-state index < -0.39 is 10.0 Å². The highest BCUT2D eigenvalue weighted by Crippen LogP contribution is 2.52.